The maximum absolute atomic E-state index is 13.8. The molecule has 27 heavy (non-hydrogen) atoms. The summed E-state index contributed by atoms with van der Waals surface area (Å²) in [5, 5.41) is 2.28. The lowest BCUT2D eigenvalue weighted by Gasteiger charge is -2.27. The summed E-state index contributed by atoms with van der Waals surface area (Å²) in [7, 11) is 1.99. The number of pyridine rings is 1. The molecule has 144 valence electrons. The first-order valence-electron chi connectivity index (χ1n) is 8.76. The van der Waals surface area contributed by atoms with Gasteiger partial charge in [-0.15, -0.1) is 0 Å². The molecule has 0 bridgehead atoms. The maximum atomic E-state index is 13.8. The highest BCUT2D eigenvalue weighted by Crippen LogP contribution is 2.29. The van der Waals surface area contributed by atoms with Gasteiger partial charge >= 0.3 is 0 Å². The van der Waals surface area contributed by atoms with Crippen LogP contribution in [0.4, 0.5) is 19.0 Å². The molecule has 5 nitrogen and oxygen atoms in total. The molecule has 1 amide bonds. The average Bonchev–Trinajstić information content (AvgIpc) is 2.61. The Labute approximate surface area is 154 Å². The van der Waals surface area contributed by atoms with E-state index in [1.807, 2.05) is 7.05 Å². The van der Waals surface area contributed by atoms with Crippen molar-refractivity contribution in [3.8, 4) is 0 Å². The molecule has 3 rings (SSSR count). The van der Waals surface area contributed by atoms with Crippen molar-refractivity contribution in [2.24, 2.45) is 5.92 Å². The Morgan fingerprint density at radius 3 is 2.59 bits per heavy atom. The number of carbonyl (C=O) groups excluding carboxylic acids is 2. The van der Waals surface area contributed by atoms with Crippen molar-refractivity contribution >= 4 is 17.5 Å². The number of anilines is 1. The summed E-state index contributed by atoms with van der Waals surface area (Å²) in [5.41, 5.74) is -0.641. The van der Waals surface area contributed by atoms with E-state index in [9.17, 15) is 22.8 Å². The highest BCUT2D eigenvalue weighted by molar-refractivity contribution is 6.07. The third-order valence-corrected chi connectivity index (χ3v) is 4.77. The zero-order valence-electron chi connectivity index (χ0n) is 14.8. The topological polar surface area (TPSA) is 62.3 Å². The van der Waals surface area contributed by atoms with Crippen LogP contribution >= 0.6 is 0 Å². The molecule has 0 saturated carbocycles. The lowest BCUT2D eigenvalue weighted by atomic mass is 9.91. The SMILES string of the molecule is CN1CCC(C(=O)c2cccc(NC(=O)C3=C(F)CC(F)C=C3F)n2)CC1. The van der Waals surface area contributed by atoms with Gasteiger partial charge in [-0.3, -0.25) is 9.59 Å². The molecular formula is C19H20F3N3O2. The summed E-state index contributed by atoms with van der Waals surface area (Å²) < 4.78 is 40.7. The van der Waals surface area contributed by atoms with Crippen LogP contribution in [0.15, 0.2) is 41.5 Å². The number of aromatic nitrogens is 1. The number of alkyl halides is 1. The molecule has 1 aliphatic heterocycles. The predicted octanol–water partition coefficient (Wildman–Crippen LogP) is 3.36. The van der Waals surface area contributed by atoms with Crippen molar-refractivity contribution in [1.29, 1.82) is 0 Å². The van der Waals surface area contributed by atoms with Crippen molar-refractivity contribution in [2.75, 3.05) is 25.5 Å². The van der Waals surface area contributed by atoms with Gasteiger partial charge in [0.05, 0.1) is 0 Å². The zero-order valence-corrected chi connectivity index (χ0v) is 14.8. The molecular weight excluding hydrogens is 359 g/mol. The maximum Gasteiger partial charge on any atom is 0.262 e. The first-order valence-corrected chi connectivity index (χ1v) is 8.76. The Hall–Kier alpha value is -2.48. The molecule has 0 spiro atoms. The van der Waals surface area contributed by atoms with Gasteiger partial charge in [0.25, 0.3) is 5.91 Å². The zero-order chi connectivity index (χ0) is 19.6. The summed E-state index contributed by atoms with van der Waals surface area (Å²) in [6.07, 6.45) is -0.461. The molecule has 1 saturated heterocycles. The van der Waals surface area contributed by atoms with Crippen LogP contribution in [0, 0.1) is 5.92 Å². The van der Waals surface area contributed by atoms with Crippen molar-refractivity contribution in [2.45, 2.75) is 25.4 Å². The summed E-state index contributed by atoms with van der Waals surface area (Å²) in [6.45, 7) is 1.64. The predicted molar refractivity (Wildman–Crippen MR) is 94.3 cm³/mol. The number of allylic oxidation sites excluding steroid dienone is 2. The fraction of sp³-hybridized carbons (Fsp3) is 0.421. The lowest BCUT2D eigenvalue weighted by molar-refractivity contribution is -0.112. The molecule has 1 atom stereocenters. The van der Waals surface area contributed by atoms with Crippen LogP contribution in [0.3, 0.4) is 0 Å². The largest absolute Gasteiger partial charge is 0.306 e. The lowest BCUT2D eigenvalue weighted by Crippen LogP contribution is -2.33. The minimum atomic E-state index is -1.80. The second-order valence-electron chi connectivity index (χ2n) is 6.82. The van der Waals surface area contributed by atoms with Gasteiger partial charge in [-0.05, 0) is 51.2 Å². The van der Waals surface area contributed by atoms with Gasteiger partial charge in [0.15, 0.2) is 5.78 Å². The van der Waals surface area contributed by atoms with Crippen molar-refractivity contribution in [3.05, 3.63) is 47.2 Å². The van der Waals surface area contributed by atoms with E-state index in [0.29, 0.717) is 6.08 Å². The second kappa shape index (κ2) is 8.04. The van der Waals surface area contributed by atoms with Gasteiger partial charge in [0.1, 0.15) is 34.9 Å². The number of amides is 1. The van der Waals surface area contributed by atoms with Gasteiger partial charge in [-0.25, -0.2) is 18.2 Å². The average molecular weight is 379 g/mol. The molecule has 1 fully saturated rings. The van der Waals surface area contributed by atoms with E-state index in [1.54, 1.807) is 12.1 Å². The number of hydrogen-bond donors (Lipinski definition) is 1. The van der Waals surface area contributed by atoms with Gasteiger partial charge in [-0.2, -0.15) is 0 Å². The van der Waals surface area contributed by atoms with E-state index < -0.39 is 35.7 Å². The standard InChI is InChI=1S/C19H20F3N3O2/c1-25-7-5-11(6-8-25)18(26)15-3-2-4-16(23-15)24-19(27)17-13(21)9-12(20)10-14(17)22/h2-4,9,11-12H,5-8,10H2,1H3,(H,23,24,27). The number of nitrogens with zero attached hydrogens (tertiary/aromatic N) is 2. The third kappa shape index (κ3) is 4.44. The Balaban J connectivity index is 1.73. The van der Waals surface area contributed by atoms with Gasteiger partial charge in [0, 0.05) is 12.3 Å². The van der Waals surface area contributed by atoms with Crippen molar-refractivity contribution in [1.82, 2.24) is 9.88 Å². The number of hydrogen-bond acceptors (Lipinski definition) is 4. The normalized spacial score (nSPS) is 21.8. The molecule has 1 N–H and O–H groups in total. The number of halogens is 3. The first-order chi connectivity index (χ1) is 12.8. The summed E-state index contributed by atoms with van der Waals surface area (Å²) in [5.74, 6) is -3.71. The first kappa shape index (κ1) is 19.3. The van der Waals surface area contributed by atoms with Crippen LogP contribution in [0.25, 0.3) is 0 Å². The highest BCUT2D eigenvalue weighted by Gasteiger charge is 2.29. The fourth-order valence-corrected chi connectivity index (χ4v) is 3.24. The smallest absolute Gasteiger partial charge is 0.262 e. The van der Waals surface area contributed by atoms with E-state index in [1.165, 1.54) is 6.07 Å². The molecule has 2 aliphatic rings. The Kier molecular flexibility index (Phi) is 5.74. The molecule has 1 unspecified atom stereocenters. The number of nitrogens with one attached hydrogen (secondary N) is 1. The molecule has 1 aromatic rings. The van der Waals surface area contributed by atoms with Gasteiger partial charge < -0.3 is 10.2 Å². The van der Waals surface area contributed by atoms with E-state index in [0.717, 1.165) is 25.9 Å². The summed E-state index contributed by atoms with van der Waals surface area (Å²) >= 11 is 0. The van der Waals surface area contributed by atoms with E-state index in [4.69, 9.17) is 0 Å². The quantitative estimate of drug-likeness (QED) is 0.815. The molecule has 0 aromatic carbocycles. The van der Waals surface area contributed by atoms with Gasteiger partial charge in [-0.1, -0.05) is 6.07 Å². The van der Waals surface area contributed by atoms with Crippen LogP contribution in [0.5, 0.6) is 0 Å². The van der Waals surface area contributed by atoms with Crippen LogP contribution in [0.1, 0.15) is 29.8 Å². The number of ketones is 1. The van der Waals surface area contributed by atoms with Gasteiger partial charge in [0.2, 0.25) is 0 Å². The summed E-state index contributed by atoms with van der Waals surface area (Å²) in [4.78, 5) is 31.0. The number of Topliss-reactive ketones (excluding diaryl/α,β-unsaturated/α-hetero) is 1. The summed E-state index contributed by atoms with van der Waals surface area (Å²) in [6, 6.07) is 4.51. The third-order valence-electron chi connectivity index (χ3n) is 4.77. The molecule has 2 heterocycles. The van der Waals surface area contributed by atoms with Crippen molar-refractivity contribution < 1.29 is 22.8 Å². The van der Waals surface area contributed by atoms with Crippen LogP contribution in [-0.4, -0.2) is 47.9 Å². The number of piperidine rings is 1. The van der Waals surface area contributed by atoms with Crippen LogP contribution < -0.4 is 5.32 Å². The molecule has 1 aromatic heterocycles. The fourth-order valence-electron chi connectivity index (χ4n) is 3.24. The van der Waals surface area contributed by atoms with E-state index in [-0.39, 0.29) is 23.2 Å². The van der Waals surface area contributed by atoms with Crippen molar-refractivity contribution in [3.63, 3.8) is 0 Å². The molecule has 0 radical (unpaired) electrons. The number of rotatable bonds is 4. The highest BCUT2D eigenvalue weighted by atomic mass is 19.2. The second-order valence-corrected chi connectivity index (χ2v) is 6.82. The minimum Gasteiger partial charge on any atom is -0.306 e. The Morgan fingerprint density at radius 2 is 1.93 bits per heavy atom. The minimum absolute atomic E-state index is 0.00856. The number of likely N-dealkylation sites (tertiary alicyclic amines) is 1. The number of carbonyl (C=O) groups is 2. The van der Waals surface area contributed by atoms with E-state index in [2.05, 4.69) is 15.2 Å². The van der Waals surface area contributed by atoms with Crippen LogP contribution in [0.2, 0.25) is 0 Å². The molecule has 8 heteroatoms. The Bertz CT molecular complexity index is 814. The Morgan fingerprint density at radius 1 is 1.22 bits per heavy atom. The molecule has 1 aliphatic carbocycles. The van der Waals surface area contributed by atoms with Crippen LogP contribution in [-0.2, 0) is 4.79 Å². The monoisotopic (exact) mass is 379 g/mol. The van der Waals surface area contributed by atoms with E-state index >= 15 is 0 Å².